The molecule has 1 atom stereocenters. The molecule has 0 saturated heterocycles. The van der Waals surface area contributed by atoms with Crippen LogP contribution in [0.5, 0.6) is 0 Å². The molecule has 2 aromatic rings. The molecule has 6 nitrogen and oxygen atoms in total. The maximum Gasteiger partial charge on any atom is 0.315 e. The molecule has 1 aromatic carbocycles. The summed E-state index contributed by atoms with van der Waals surface area (Å²) in [7, 11) is 3.69. The van der Waals surface area contributed by atoms with Gasteiger partial charge >= 0.3 is 11.8 Å². The van der Waals surface area contributed by atoms with Crippen LogP contribution >= 0.6 is 11.3 Å². The number of nitrogens with one attached hydrogen (secondary N) is 2. The van der Waals surface area contributed by atoms with Gasteiger partial charge in [0.2, 0.25) is 0 Å². The number of benzene rings is 1. The van der Waals surface area contributed by atoms with Gasteiger partial charge in [0.05, 0.1) is 6.04 Å². The van der Waals surface area contributed by atoms with Crippen molar-refractivity contribution in [2.24, 2.45) is 0 Å². The number of halogens is 1. The molecule has 2 rings (SSSR count). The summed E-state index contributed by atoms with van der Waals surface area (Å²) in [6.45, 7) is 0.225. The van der Waals surface area contributed by atoms with Crippen LogP contribution in [0, 0.1) is 5.82 Å². The highest BCUT2D eigenvalue weighted by Crippen LogP contribution is 2.17. The molecule has 0 bridgehead atoms. The minimum absolute atomic E-state index is 0.174. The summed E-state index contributed by atoms with van der Waals surface area (Å²) in [5.41, 5.74) is 0.844. The van der Waals surface area contributed by atoms with Crippen molar-refractivity contribution >= 4 is 28.3 Å². The van der Waals surface area contributed by atoms with Crippen molar-refractivity contribution in [3.8, 4) is 0 Å². The molecule has 0 aliphatic rings. The Hall–Kier alpha value is -2.32. The van der Waals surface area contributed by atoms with Crippen molar-refractivity contribution in [3.63, 3.8) is 0 Å². The van der Waals surface area contributed by atoms with Crippen LogP contribution in [0.3, 0.4) is 0 Å². The largest absolute Gasteiger partial charge is 0.346 e. The average molecular weight is 336 g/mol. The molecule has 0 spiro atoms. The van der Waals surface area contributed by atoms with E-state index in [-0.39, 0.29) is 18.4 Å². The van der Waals surface area contributed by atoms with E-state index in [1.807, 2.05) is 19.0 Å². The molecule has 0 aliphatic carbocycles. The van der Waals surface area contributed by atoms with Crippen LogP contribution in [0.15, 0.2) is 35.8 Å². The van der Waals surface area contributed by atoms with Gasteiger partial charge in [-0.25, -0.2) is 9.37 Å². The van der Waals surface area contributed by atoms with Gasteiger partial charge in [0.25, 0.3) is 0 Å². The van der Waals surface area contributed by atoms with Gasteiger partial charge in [-0.05, 0) is 31.8 Å². The summed E-state index contributed by atoms with van der Waals surface area (Å²) >= 11 is 1.23. The van der Waals surface area contributed by atoms with E-state index < -0.39 is 11.8 Å². The molecule has 0 unspecified atom stereocenters. The second-order valence-electron chi connectivity index (χ2n) is 5.03. The number of carbonyl (C=O) groups is 2. The zero-order valence-corrected chi connectivity index (χ0v) is 13.6. The molecule has 2 N–H and O–H groups in total. The minimum Gasteiger partial charge on any atom is -0.346 e. The Morgan fingerprint density at radius 1 is 1.26 bits per heavy atom. The molecule has 8 heteroatoms. The lowest BCUT2D eigenvalue weighted by Gasteiger charge is -2.25. The van der Waals surface area contributed by atoms with Crippen LogP contribution in [0.2, 0.25) is 0 Å². The highest BCUT2D eigenvalue weighted by atomic mass is 32.1. The highest BCUT2D eigenvalue weighted by Gasteiger charge is 2.19. The summed E-state index contributed by atoms with van der Waals surface area (Å²) < 4.78 is 13.0. The predicted octanol–water partition coefficient (Wildman–Crippen LogP) is 1.64. The van der Waals surface area contributed by atoms with Crippen LogP contribution < -0.4 is 10.6 Å². The predicted molar refractivity (Wildman–Crippen MR) is 86.6 cm³/mol. The van der Waals surface area contributed by atoms with E-state index in [2.05, 4.69) is 15.6 Å². The molecule has 0 fully saturated rings. The fourth-order valence-electron chi connectivity index (χ4n) is 1.99. The Kier molecular flexibility index (Phi) is 5.78. The Labute approximate surface area is 137 Å². The smallest absolute Gasteiger partial charge is 0.315 e. The van der Waals surface area contributed by atoms with Gasteiger partial charge < -0.3 is 10.2 Å². The SMILES string of the molecule is CN(C)[C@H](CNC(=O)C(=O)Nc1nccs1)c1ccc(F)cc1. The molecular formula is C15H17FN4O2S. The number of likely N-dealkylation sites (N-methyl/N-ethyl adjacent to an activating group) is 1. The molecule has 122 valence electrons. The van der Waals surface area contributed by atoms with E-state index in [0.29, 0.717) is 5.13 Å². The van der Waals surface area contributed by atoms with Gasteiger partial charge in [-0.3, -0.25) is 14.9 Å². The summed E-state index contributed by atoms with van der Waals surface area (Å²) in [6, 6.07) is 5.86. The van der Waals surface area contributed by atoms with Crippen LogP contribution in [0.4, 0.5) is 9.52 Å². The lowest BCUT2D eigenvalue weighted by atomic mass is 10.1. The van der Waals surface area contributed by atoms with Crippen LogP contribution in [-0.4, -0.2) is 42.3 Å². The standard InChI is InChI=1S/C15H17FN4O2S/c1-20(2)12(10-3-5-11(16)6-4-10)9-18-13(21)14(22)19-15-17-7-8-23-15/h3-8,12H,9H2,1-2H3,(H,18,21)(H,17,19,22)/t12-/m1/s1. The molecule has 23 heavy (non-hydrogen) atoms. The zero-order valence-electron chi connectivity index (χ0n) is 12.7. The van der Waals surface area contributed by atoms with Gasteiger partial charge in [-0.15, -0.1) is 11.3 Å². The van der Waals surface area contributed by atoms with Gasteiger partial charge in [-0.1, -0.05) is 12.1 Å². The van der Waals surface area contributed by atoms with E-state index >= 15 is 0 Å². The summed E-state index contributed by atoms with van der Waals surface area (Å²) in [5.74, 6) is -1.83. The van der Waals surface area contributed by atoms with Crippen molar-refractivity contribution in [2.45, 2.75) is 6.04 Å². The van der Waals surface area contributed by atoms with E-state index in [4.69, 9.17) is 0 Å². The first-order valence-corrected chi connectivity index (χ1v) is 7.76. The Bertz CT molecular complexity index is 659. The van der Waals surface area contributed by atoms with E-state index in [9.17, 15) is 14.0 Å². The number of hydrogen-bond donors (Lipinski definition) is 2. The topological polar surface area (TPSA) is 74.3 Å². The van der Waals surface area contributed by atoms with Crippen LogP contribution in [-0.2, 0) is 9.59 Å². The molecule has 1 aromatic heterocycles. The van der Waals surface area contributed by atoms with Crippen LogP contribution in [0.1, 0.15) is 11.6 Å². The lowest BCUT2D eigenvalue weighted by molar-refractivity contribution is -0.136. The maximum atomic E-state index is 13.0. The highest BCUT2D eigenvalue weighted by molar-refractivity contribution is 7.13. The third kappa shape index (κ3) is 4.83. The second kappa shape index (κ2) is 7.80. The van der Waals surface area contributed by atoms with Crippen molar-refractivity contribution in [3.05, 3.63) is 47.2 Å². The fraction of sp³-hybridized carbons (Fsp3) is 0.267. The monoisotopic (exact) mass is 336 g/mol. The Morgan fingerprint density at radius 2 is 1.96 bits per heavy atom. The van der Waals surface area contributed by atoms with E-state index in [1.165, 1.54) is 29.7 Å². The van der Waals surface area contributed by atoms with Gasteiger partial charge in [0.15, 0.2) is 5.13 Å². The van der Waals surface area contributed by atoms with E-state index in [1.54, 1.807) is 17.5 Å². The number of thiazole rings is 1. The number of amides is 2. The maximum absolute atomic E-state index is 13.0. The molecule has 2 amide bonds. The summed E-state index contributed by atoms with van der Waals surface area (Å²) in [6.07, 6.45) is 1.54. The van der Waals surface area contributed by atoms with Gasteiger partial charge in [0.1, 0.15) is 5.82 Å². The molecule has 0 radical (unpaired) electrons. The second-order valence-corrected chi connectivity index (χ2v) is 5.93. The van der Waals surface area contributed by atoms with Crippen molar-refractivity contribution in [1.29, 1.82) is 0 Å². The van der Waals surface area contributed by atoms with Gasteiger partial charge in [0, 0.05) is 18.1 Å². The van der Waals surface area contributed by atoms with Crippen molar-refractivity contribution in [1.82, 2.24) is 15.2 Å². The number of carbonyl (C=O) groups excluding carboxylic acids is 2. The first-order chi connectivity index (χ1) is 11.0. The number of nitrogens with zero attached hydrogens (tertiary/aromatic N) is 2. The third-order valence-corrected chi connectivity index (χ3v) is 3.88. The number of rotatable bonds is 5. The Balaban J connectivity index is 1.94. The van der Waals surface area contributed by atoms with Crippen molar-refractivity contribution < 1.29 is 14.0 Å². The zero-order chi connectivity index (χ0) is 16.8. The van der Waals surface area contributed by atoms with Crippen LogP contribution in [0.25, 0.3) is 0 Å². The van der Waals surface area contributed by atoms with Crippen molar-refractivity contribution in [2.75, 3.05) is 26.0 Å². The third-order valence-electron chi connectivity index (χ3n) is 3.19. The van der Waals surface area contributed by atoms with E-state index in [0.717, 1.165) is 5.56 Å². The average Bonchev–Trinajstić information content (AvgIpc) is 3.01. The summed E-state index contributed by atoms with van der Waals surface area (Å²) in [4.78, 5) is 29.4. The first-order valence-electron chi connectivity index (χ1n) is 6.88. The first kappa shape index (κ1) is 17.0. The number of hydrogen-bond acceptors (Lipinski definition) is 5. The normalized spacial score (nSPS) is 12.0. The Morgan fingerprint density at radius 3 is 2.52 bits per heavy atom. The number of anilines is 1. The lowest BCUT2D eigenvalue weighted by Crippen LogP contribution is -2.40. The molecule has 0 saturated carbocycles. The summed E-state index contributed by atoms with van der Waals surface area (Å²) in [5, 5.41) is 7.06. The molecule has 0 aliphatic heterocycles. The number of aromatic nitrogens is 1. The van der Waals surface area contributed by atoms with Gasteiger partial charge in [-0.2, -0.15) is 0 Å². The minimum atomic E-state index is -0.767. The quantitative estimate of drug-likeness (QED) is 0.814. The molecule has 1 heterocycles. The molecular weight excluding hydrogens is 319 g/mol. The fourth-order valence-corrected chi connectivity index (χ4v) is 2.52.